The highest BCUT2D eigenvalue weighted by molar-refractivity contribution is 7.85. The van der Waals surface area contributed by atoms with Gasteiger partial charge in [0.05, 0.1) is 24.3 Å². The van der Waals surface area contributed by atoms with Gasteiger partial charge in [0.15, 0.2) is 6.54 Å². The number of benzene rings is 2. The number of nitrogens with zero attached hydrogens (tertiary/aromatic N) is 1. The van der Waals surface area contributed by atoms with Crippen LogP contribution in [-0.2, 0) is 16.7 Å². The molecule has 1 heterocycles. The molecule has 6 nitrogen and oxygen atoms in total. The number of thiazole rings is 1. The van der Waals surface area contributed by atoms with Crippen LogP contribution in [0, 0.1) is 0 Å². The lowest BCUT2D eigenvalue weighted by molar-refractivity contribution is -0.668. The first-order chi connectivity index (χ1) is 13.4. The first-order valence-corrected chi connectivity index (χ1v) is 11.1. The van der Waals surface area contributed by atoms with Crippen molar-refractivity contribution in [2.45, 2.75) is 13.0 Å². The summed E-state index contributed by atoms with van der Waals surface area (Å²) in [4.78, 5) is 0. The number of methoxy groups -OCH3 is 2. The monoisotopic (exact) mass is 419 g/mol. The number of aryl methyl sites for hydroxylation is 1. The van der Waals surface area contributed by atoms with E-state index in [-0.39, 0.29) is 12.2 Å². The van der Waals surface area contributed by atoms with Gasteiger partial charge in [0.1, 0.15) is 16.2 Å². The second-order valence-corrected chi connectivity index (χ2v) is 8.70. The molecule has 0 fully saturated rings. The van der Waals surface area contributed by atoms with Gasteiger partial charge in [0, 0.05) is 35.9 Å². The summed E-state index contributed by atoms with van der Waals surface area (Å²) in [5.41, 5.74) is 1.91. The minimum atomic E-state index is -4.22. The summed E-state index contributed by atoms with van der Waals surface area (Å²) >= 11 is 1.61. The van der Waals surface area contributed by atoms with Crippen molar-refractivity contribution in [2.75, 3.05) is 20.0 Å². The molecule has 3 rings (SSSR count). The summed E-state index contributed by atoms with van der Waals surface area (Å²) in [6, 6.07) is 13.5. The second kappa shape index (κ2) is 8.72. The maximum absolute atomic E-state index is 10.9. The van der Waals surface area contributed by atoms with Crippen molar-refractivity contribution in [3.05, 3.63) is 53.0 Å². The highest BCUT2D eigenvalue weighted by Crippen LogP contribution is 2.27. The molecule has 0 aliphatic heterocycles. The fourth-order valence-corrected chi connectivity index (χ4v) is 4.50. The number of para-hydroxylation sites is 1. The van der Waals surface area contributed by atoms with E-state index in [0.29, 0.717) is 18.0 Å². The third-order valence-electron chi connectivity index (χ3n) is 4.26. The van der Waals surface area contributed by atoms with Crippen molar-refractivity contribution in [3.8, 4) is 11.5 Å². The van der Waals surface area contributed by atoms with Gasteiger partial charge in [-0.3, -0.25) is 0 Å². The van der Waals surface area contributed by atoms with E-state index in [1.54, 1.807) is 25.6 Å². The Bertz CT molecular complexity index is 1100. The van der Waals surface area contributed by atoms with E-state index in [2.05, 4.69) is 0 Å². The van der Waals surface area contributed by atoms with Crippen LogP contribution in [0.15, 0.2) is 42.5 Å². The Hall–Kier alpha value is -2.42. The maximum Gasteiger partial charge on any atom is 0.262 e. The molecule has 0 atom stereocenters. The minimum absolute atomic E-state index is 0.268. The molecule has 0 unspecified atom stereocenters. The SMILES string of the molecule is COc1ccc(C=Cc2sc3ccccc3[n+]2CCCS(=O)(=O)[O-])c(OC)c1. The number of hydrogen-bond donors (Lipinski definition) is 0. The van der Waals surface area contributed by atoms with E-state index in [9.17, 15) is 13.0 Å². The van der Waals surface area contributed by atoms with Gasteiger partial charge in [-0.2, -0.15) is 4.57 Å². The van der Waals surface area contributed by atoms with Gasteiger partial charge in [-0.1, -0.05) is 23.5 Å². The van der Waals surface area contributed by atoms with Crippen LogP contribution in [0.1, 0.15) is 17.0 Å². The molecule has 8 heteroatoms. The van der Waals surface area contributed by atoms with Gasteiger partial charge >= 0.3 is 0 Å². The van der Waals surface area contributed by atoms with Crippen LogP contribution in [0.2, 0.25) is 0 Å². The summed E-state index contributed by atoms with van der Waals surface area (Å²) in [6.07, 6.45) is 4.19. The summed E-state index contributed by atoms with van der Waals surface area (Å²) in [7, 11) is -1.01. The van der Waals surface area contributed by atoms with Crippen molar-refractivity contribution >= 4 is 43.8 Å². The van der Waals surface area contributed by atoms with Gasteiger partial charge in [0.2, 0.25) is 5.52 Å². The number of aromatic nitrogens is 1. The predicted molar refractivity (Wildman–Crippen MR) is 110 cm³/mol. The molecule has 0 N–H and O–H groups in total. The number of ether oxygens (including phenoxy) is 2. The molecule has 28 heavy (non-hydrogen) atoms. The second-order valence-electron chi connectivity index (χ2n) is 6.12. The quantitative estimate of drug-likeness (QED) is 0.413. The largest absolute Gasteiger partial charge is 0.748 e. The minimum Gasteiger partial charge on any atom is -0.748 e. The van der Waals surface area contributed by atoms with Crippen molar-refractivity contribution in [2.24, 2.45) is 0 Å². The molecule has 0 spiro atoms. The van der Waals surface area contributed by atoms with Crippen molar-refractivity contribution in [3.63, 3.8) is 0 Å². The standard InChI is InChI=1S/C20H21NO5S2/c1-25-16-10-8-15(18(14-16)26-2)9-11-20-21(12-5-13-28(22,23)24)17-6-3-4-7-19(17)27-20/h3-4,6-11,14H,5,12-13H2,1-2H3. The van der Waals surface area contributed by atoms with Crippen LogP contribution < -0.4 is 14.0 Å². The third-order valence-corrected chi connectivity index (χ3v) is 6.18. The third kappa shape index (κ3) is 4.89. The average molecular weight is 420 g/mol. The Labute approximate surface area is 168 Å². The molecule has 2 aromatic carbocycles. The summed E-state index contributed by atoms with van der Waals surface area (Å²) in [5, 5.41) is 0.961. The highest BCUT2D eigenvalue weighted by Gasteiger charge is 2.18. The van der Waals surface area contributed by atoms with Crippen LogP contribution in [0.25, 0.3) is 22.4 Å². The Balaban J connectivity index is 1.94. The Kier molecular flexibility index (Phi) is 6.33. The predicted octanol–water partition coefficient (Wildman–Crippen LogP) is 3.31. The molecule has 0 aliphatic carbocycles. The molecule has 0 radical (unpaired) electrons. The van der Waals surface area contributed by atoms with Crippen molar-refractivity contribution in [1.29, 1.82) is 0 Å². The normalized spacial score (nSPS) is 12.0. The van der Waals surface area contributed by atoms with Crippen molar-refractivity contribution in [1.82, 2.24) is 0 Å². The van der Waals surface area contributed by atoms with Crippen LogP contribution in [-0.4, -0.2) is 32.9 Å². The first-order valence-electron chi connectivity index (χ1n) is 8.66. The fourth-order valence-electron chi connectivity index (χ4n) is 2.92. The lowest BCUT2D eigenvalue weighted by Gasteiger charge is -2.07. The van der Waals surface area contributed by atoms with Gasteiger partial charge in [-0.25, -0.2) is 8.42 Å². The molecule has 0 amide bonds. The number of hydrogen-bond acceptors (Lipinski definition) is 6. The lowest BCUT2D eigenvalue weighted by Crippen LogP contribution is -2.35. The molecule has 1 aromatic heterocycles. The topological polar surface area (TPSA) is 79.5 Å². The molecular weight excluding hydrogens is 398 g/mol. The lowest BCUT2D eigenvalue weighted by atomic mass is 10.1. The summed E-state index contributed by atoms with van der Waals surface area (Å²) in [5.74, 6) is 1.03. The van der Waals surface area contributed by atoms with Gasteiger partial charge in [0.25, 0.3) is 5.01 Å². The van der Waals surface area contributed by atoms with Gasteiger partial charge < -0.3 is 14.0 Å². The van der Waals surface area contributed by atoms with Gasteiger partial charge in [-0.05, 0) is 24.3 Å². The van der Waals surface area contributed by atoms with Crippen LogP contribution in [0.3, 0.4) is 0 Å². The first kappa shape index (κ1) is 20.3. The molecular formula is C20H21NO5S2. The van der Waals surface area contributed by atoms with E-state index in [0.717, 1.165) is 20.8 Å². The average Bonchev–Trinajstić information content (AvgIpc) is 3.03. The van der Waals surface area contributed by atoms with E-state index >= 15 is 0 Å². The van der Waals surface area contributed by atoms with Crippen LogP contribution in [0.5, 0.6) is 11.5 Å². The van der Waals surface area contributed by atoms with E-state index in [1.807, 2.05) is 59.2 Å². The van der Waals surface area contributed by atoms with E-state index in [4.69, 9.17) is 9.47 Å². The smallest absolute Gasteiger partial charge is 0.262 e. The molecule has 3 aromatic rings. The fraction of sp³-hybridized carbons (Fsp3) is 0.250. The molecule has 0 aliphatic rings. The number of fused-ring (bicyclic) bond motifs is 1. The zero-order valence-electron chi connectivity index (χ0n) is 15.6. The van der Waals surface area contributed by atoms with Gasteiger partial charge in [-0.15, -0.1) is 0 Å². The van der Waals surface area contributed by atoms with Crippen LogP contribution in [0.4, 0.5) is 0 Å². The van der Waals surface area contributed by atoms with E-state index < -0.39 is 10.1 Å². The number of rotatable bonds is 8. The molecule has 0 saturated carbocycles. The highest BCUT2D eigenvalue weighted by atomic mass is 32.2. The Morgan fingerprint density at radius 1 is 1.11 bits per heavy atom. The maximum atomic E-state index is 10.9. The Morgan fingerprint density at radius 3 is 2.61 bits per heavy atom. The van der Waals surface area contributed by atoms with E-state index in [1.165, 1.54) is 0 Å². The zero-order chi connectivity index (χ0) is 20.1. The van der Waals surface area contributed by atoms with Crippen molar-refractivity contribution < 1.29 is 27.0 Å². The molecule has 0 saturated heterocycles. The summed E-state index contributed by atoms with van der Waals surface area (Å²) in [6.45, 7) is 0.449. The van der Waals surface area contributed by atoms with Crippen LogP contribution >= 0.6 is 11.3 Å². The molecule has 0 bridgehead atoms. The zero-order valence-corrected chi connectivity index (χ0v) is 17.3. The summed E-state index contributed by atoms with van der Waals surface area (Å²) < 4.78 is 46.6. The molecule has 148 valence electrons. The Morgan fingerprint density at radius 2 is 1.89 bits per heavy atom.